The molecule has 0 aliphatic carbocycles. The minimum absolute atomic E-state index is 0.156. The minimum atomic E-state index is -0.321. The third kappa shape index (κ3) is 3.73. The topological polar surface area (TPSA) is 83.0 Å². The molecule has 158 valence electrons. The van der Waals surface area contributed by atoms with Crippen molar-refractivity contribution in [2.45, 2.75) is 26.8 Å². The molecule has 7 nitrogen and oxygen atoms in total. The number of aromatic hydroxyl groups is 1. The highest BCUT2D eigenvalue weighted by molar-refractivity contribution is 6.33. The summed E-state index contributed by atoms with van der Waals surface area (Å²) in [5.74, 6) is -0.426. The lowest BCUT2D eigenvalue weighted by Crippen LogP contribution is -2.37. The average Bonchev–Trinajstić information content (AvgIpc) is 2.74. The Hall–Kier alpha value is -3.06. The number of pyridine rings is 1. The van der Waals surface area contributed by atoms with E-state index in [-0.39, 0.29) is 23.1 Å². The minimum Gasteiger partial charge on any atom is -0.507 e. The van der Waals surface area contributed by atoms with Crippen molar-refractivity contribution in [2.24, 2.45) is 0 Å². The number of aromatic nitrogens is 1. The van der Waals surface area contributed by atoms with E-state index in [9.17, 15) is 14.7 Å². The molecule has 0 unspecified atom stereocenters. The van der Waals surface area contributed by atoms with Crippen LogP contribution in [0.3, 0.4) is 0 Å². The van der Waals surface area contributed by atoms with Gasteiger partial charge in [-0.1, -0.05) is 18.2 Å². The second-order valence-electron chi connectivity index (χ2n) is 7.19. The third-order valence-electron chi connectivity index (χ3n) is 5.37. The molecule has 2 heterocycles. The Morgan fingerprint density at radius 1 is 1.37 bits per heavy atom. The van der Waals surface area contributed by atoms with Crippen LogP contribution in [0.4, 0.5) is 5.69 Å². The Kier molecular flexibility index (Phi) is 6.03. The summed E-state index contributed by atoms with van der Waals surface area (Å²) in [5, 5.41) is 10.7. The zero-order valence-corrected chi connectivity index (χ0v) is 18.2. The molecular formula is C22H24ClN3O4. The highest BCUT2D eigenvalue weighted by Crippen LogP contribution is 2.37. The molecule has 1 N–H and O–H groups in total. The fraction of sp³-hybridized carbons (Fsp3) is 0.318. The van der Waals surface area contributed by atoms with Crippen molar-refractivity contribution in [1.82, 2.24) is 9.88 Å². The van der Waals surface area contributed by atoms with Gasteiger partial charge in [-0.2, -0.15) is 0 Å². The van der Waals surface area contributed by atoms with E-state index in [2.05, 4.69) is 11.6 Å². The Bertz CT molecular complexity index is 1050. The molecule has 0 fully saturated rings. The predicted octanol–water partition coefficient (Wildman–Crippen LogP) is 3.41. The molecule has 2 amide bonds. The number of halogens is 1. The summed E-state index contributed by atoms with van der Waals surface area (Å²) in [5.41, 5.74) is 3.78. The fourth-order valence-electron chi connectivity index (χ4n) is 3.65. The summed E-state index contributed by atoms with van der Waals surface area (Å²) in [6.45, 7) is 7.82. The van der Waals surface area contributed by atoms with Crippen LogP contribution in [0.15, 0.2) is 24.8 Å². The Balaban J connectivity index is 1.95. The van der Waals surface area contributed by atoms with Gasteiger partial charge in [-0.05, 0) is 37.1 Å². The van der Waals surface area contributed by atoms with E-state index in [1.165, 1.54) is 24.2 Å². The highest BCUT2D eigenvalue weighted by Gasteiger charge is 2.28. The van der Waals surface area contributed by atoms with Crippen molar-refractivity contribution in [2.75, 3.05) is 25.6 Å². The van der Waals surface area contributed by atoms with E-state index in [1.807, 2.05) is 13.0 Å². The van der Waals surface area contributed by atoms with Crippen LogP contribution < -0.4 is 9.64 Å². The summed E-state index contributed by atoms with van der Waals surface area (Å²) in [6, 6.07) is 3.23. The van der Waals surface area contributed by atoms with Gasteiger partial charge in [-0.15, -0.1) is 0 Å². The lowest BCUT2D eigenvalue weighted by molar-refractivity contribution is -0.113. The van der Waals surface area contributed by atoms with Crippen molar-refractivity contribution in [1.29, 1.82) is 0 Å². The molecule has 2 aromatic rings. The molecule has 1 aromatic carbocycles. The maximum atomic E-state index is 13.2. The number of phenols is 1. The molecule has 0 atom stereocenters. The highest BCUT2D eigenvalue weighted by atomic mass is 35.5. The number of hydrogen-bond acceptors (Lipinski definition) is 5. The van der Waals surface area contributed by atoms with Crippen molar-refractivity contribution in [3.05, 3.63) is 57.9 Å². The molecule has 1 aromatic heterocycles. The van der Waals surface area contributed by atoms with Gasteiger partial charge in [0.1, 0.15) is 11.5 Å². The number of anilines is 1. The average molecular weight is 430 g/mol. The molecule has 0 saturated heterocycles. The lowest BCUT2D eigenvalue weighted by atomic mass is 10.0. The number of carbonyl (C=O) groups is 2. The summed E-state index contributed by atoms with van der Waals surface area (Å²) >= 11 is 6.29. The molecule has 0 spiro atoms. The van der Waals surface area contributed by atoms with Crippen LogP contribution in [0.25, 0.3) is 0 Å². The number of nitrogens with zero attached hydrogens (tertiary/aromatic N) is 3. The summed E-state index contributed by atoms with van der Waals surface area (Å²) < 4.78 is 5.14. The molecule has 0 saturated carbocycles. The summed E-state index contributed by atoms with van der Waals surface area (Å²) in [7, 11) is 3.11. The SMILES string of the molecule is C=CC(=O)N(C)c1cc2c(nc1C)CCN(C(=O)c1c(O)cc(OC)c(Cl)c1C)C2. The van der Waals surface area contributed by atoms with E-state index < -0.39 is 0 Å². The molecule has 1 aliphatic rings. The third-order valence-corrected chi connectivity index (χ3v) is 5.84. The second kappa shape index (κ2) is 8.36. The zero-order valence-electron chi connectivity index (χ0n) is 17.5. The van der Waals surface area contributed by atoms with Gasteiger partial charge in [0.2, 0.25) is 5.91 Å². The maximum Gasteiger partial charge on any atom is 0.258 e. The van der Waals surface area contributed by atoms with Crippen LogP contribution in [0.5, 0.6) is 11.5 Å². The monoisotopic (exact) mass is 429 g/mol. The molecule has 1 aliphatic heterocycles. The number of carbonyl (C=O) groups excluding carboxylic acids is 2. The smallest absolute Gasteiger partial charge is 0.258 e. The van der Waals surface area contributed by atoms with Gasteiger partial charge in [-0.25, -0.2) is 0 Å². The van der Waals surface area contributed by atoms with E-state index >= 15 is 0 Å². The Morgan fingerprint density at radius 3 is 2.70 bits per heavy atom. The van der Waals surface area contributed by atoms with Gasteiger partial charge in [0.15, 0.2) is 0 Å². The number of phenolic OH excluding ortho intramolecular Hbond substituents is 1. The van der Waals surface area contributed by atoms with Gasteiger partial charge in [0.05, 0.1) is 29.1 Å². The first-order chi connectivity index (χ1) is 14.2. The molecule has 3 rings (SSSR count). The van der Waals surface area contributed by atoms with Crippen molar-refractivity contribution in [3.63, 3.8) is 0 Å². The molecule has 8 heteroatoms. The fourth-order valence-corrected chi connectivity index (χ4v) is 3.88. The lowest BCUT2D eigenvalue weighted by Gasteiger charge is -2.30. The van der Waals surface area contributed by atoms with Gasteiger partial charge in [-0.3, -0.25) is 14.6 Å². The molecule has 0 radical (unpaired) electrons. The number of fused-ring (bicyclic) bond motifs is 1. The summed E-state index contributed by atoms with van der Waals surface area (Å²) in [6.07, 6.45) is 1.82. The van der Waals surface area contributed by atoms with Gasteiger partial charge >= 0.3 is 0 Å². The number of amides is 2. The van der Waals surface area contributed by atoms with E-state index in [0.717, 1.165) is 17.0 Å². The van der Waals surface area contributed by atoms with Crippen LogP contribution in [-0.4, -0.2) is 47.5 Å². The van der Waals surface area contributed by atoms with Crippen LogP contribution in [0.2, 0.25) is 5.02 Å². The first-order valence-electron chi connectivity index (χ1n) is 9.44. The number of likely N-dealkylation sites (N-methyl/N-ethyl adjacent to an activating group) is 1. The van der Waals surface area contributed by atoms with Crippen LogP contribution in [0.1, 0.15) is 32.9 Å². The Labute approximate surface area is 180 Å². The maximum absolute atomic E-state index is 13.2. The van der Waals surface area contributed by atoms with Gasteiger partial charge in [0, 0.05) is 38.3 Å². The number of rotatable bonds is 4. The Morgan fingerprint density at radius 2 is 2.07 bits per heavy atom. The number of ether oxygens (including phenoxy) is 1. The quantitative estimate of drug-likeness (QED) is 0.753. The number of aryl methyl sites for hydroxylation is 1. The number of methoxy groups -OCH3 is 1. The standard InChI is InChI=1S/C22H24ClN3O4/c1-6-19(28)25(4)16-9-14-11-26(8-7-15(14)24-13(16)3)22(29)20-12(2)21(23)18(30-5)10-17(20)27/h6,9-10,27H,1,7-8,11H2,2-5H3. The summed E-state index contributed by atoms with van der Waals surface area (Å²) in [4.78, 5) is 33.0. The molecule has 0 bridgehead atoms. The van der Waals surface area contributed by atoms with Crippen molar-refractivity contribution < 1.29 is 19.4 Å². The number of benzene rings is 1. The number of hydrogen-bond donors (Lipinski definition) is 1. The van der Waals surface area contributed by atoms with E-state index in [4.69, 9.17) is 16.3 Å². The normalized spacial score (nSPS) is 12.9. The first kappa shape index (κ1) is 21.6. The van der Waals surface area contributed by atoms with E-state index in [1.54, 1.807) is 18.9 Å². The van der Waals surface area contributed by atoms with Crippen molar-refractivity contribution >= 4 is 29.1 Å². The second-order valence-corrected chi connectivity index (χ2v) is 7.57. The van der Waals surface area contributed by atoms with Crippen LogP contribution in [0, 0.1) is 13.8 Å². The van der Waals surface area contributed by atoms with Crippen LogP contribution in [-0.2, 0) is 17.8 Å². The molecular weight excluding hydrogens is 406 g/mol. The van der Waals surface area contributed by atoms with Gasteiger partial charge < -0.3 is 19.6 Å². The van der Waals surface area contributed by atoms with Gasteiger partial charge in [0.25, 0.3) is 5.91 Å². The van der Waals surface area contributed by atoms with E-state index in [0.29, 0.717) is 41.5 Å². The van der Waals surface area contributed by atoms with Crippen molar-refractivity contribution in [3.8, 4) is 11.5 Å². The van der Waals surface area contributed by atoms with Crippen LogP contribution >= 0.6 is 11.6 Å². The molecule has 30 heavy (non-hydrogen) atoms. The predicted molar refractivity (Wildman–Crippen MR) is 115 cm³/mol. The first-order valence-corrected chi connectivity index (χ1v) is 9.82. The zero-order chi connectivity index (χ0) is 22.2. The largest absolute Gasteiger partial charge is 0.507 e.